The molecule has 3 N–H and O–H groups in total. The highest BCUT2D eigenvalue weighted by atomic mass is 16.5. The maximum atomic E-state index is 12.6. The van der Waals surface area contributed by atoms with Gasteiger partial charge in [0.1, 0.15) is 12.4 Å². The minimum atomic E-state index is -0.291. The first-order valence-electron chi connectivity index (χ1n) is 10.7. The van der Waals surface area contributed by atoms with Crippen molar-refractivity contribution >= 4 is 5.91 Å². The number of hydrogen-bond acceptors (Lipinski definition) is 5. The number of carbonyl (C=O) groups is 1. The lowest BCUT2D eigenvalue weighted by Crippen LogP contribution is -2.35. The molecule has 156 valence electrons. The van der Waals surface area contributed by atoms with Crippen LogP contribution in [0.1, 0.15) is 48.9 Å². The summed E-state index contributed by atoms with van der Waals surface area (Å²) in [5.41, 5.74) is 7.64. The summed E-state index contributed by atoms with van der Waals surface area (Å²) >= 11 is 0. The Labute approximate surface area is 172 Å². The van der Waals surface area contributed by atoms with Gasteiger partial charge in [-0.3, -0.25) is 4.79 Å². The minimum Gasteiger partial charge on any atom is -0.381 e. The third-order valence-electron chi connectivity index (χ3n) is 5.76. The van der Waals surface area contributed by atoms with Crippen molar-refractivity contribution in [3.8, 4) is 0 Å². The lowest BCUT2D eigenvalue weighted by molar-refractivity contribution is -0.122. The van der Waals surface area contributed by atoms with Gasteiger partial charge in [0, 0.05) is 26.2 Å². The number of hydrogen-bond donors (Lipinski definition) is 2. The summed E-state index contributed by atoms with van der Waals surface area (Å²) in [6.45, 7) is 2.43. The average Bonchev–Trinajstić information content (AvgIpc) is 3.46. The van der Waals surface area contributed by atoms with E-state index in [1.165, 1.54) is 12.8 Å². The zero-order valence-electron chi connectivity index (χ0n) is 16.9. The molecule has 1 aromatic carbocycles. The highest BCUT2D eigenvalue weighted by Gasteiger charge is 2.26. The van der Waals surface area contributed by atoms with E-state index in [2.05, 4.69) is 22.5 Å². The van der Waals surface area contributed by atoms with E-state index in [1.54, 1.807) is 4.68 Å². The zero-order chi connectivity index (χ0) is 20.1. The van der Waals surface area contributed by atoms with Crippen LogP contribution >= 0.6 is 0 Å². The predicted molar refractivity (Wildman–Crippen MR) is 110 cm³/mol. The Bertz CT molecular complexity index is 797. The molecule has 4 rings (SSSR count). The molecule has 0 unspecified atom stereocenters. The molecule has 1 aromatic heterocycles. The molecule has 1 amide bonds. The van der Waals surface area contributed by atoms with E-state index in [4.69, 9.17) is 15.5 Å². The number of benzene rings is 1. The largest absolute Gasteiger partial charge is 0.381 e. The van der Waals surface area contributed by atoms with Gasteiger partial charge in [-0.25, -0.2) is 9.67 Å². The van der Waals surface area contributed by atoms with Crippen LogP contribution in [0.5, 0.6) is 0 Å². The Balaban J connectivity index is 1.40. The van der Waals surface area contributed by atoms with Gasteiger partial charge in [0.25, 0.3) is 0 Å². The second kappa shape index (κ2) is 9.50. The van der Waals surface area contributed by atoms with Crippen LogP contribution in [-0.2, 0) is 28.9 Å². The quantitative estimate of drug-likeness (QED) is 0.675. The Morgan fingerprint density at radius 1 is 1.17 bits per heavy atom. The van der Waals surface area contributed by atoms with Crippen molar-refractivity contribution in [3.05, 3.63) is 47.5 Å². The first-order chi connectivity index (χ1) is 14.2. The topological polar surface area (TPSA) is 95.1 Å². The maximum Gasteiger partial charge on any atom is 0.241 e. The number of aromatic nitrogens is 3. The van der Waals surface area contributed by atoms with Crippen molar-refractivity contribution in [2.75, 3.05) is 19.8 Å². The number of carbonyl (C=O) groups excluding carboxylic acids is 1. The van der Waals surface area contributed by atoms with E-state index in [1.807, 2.05) is 18.2 Å². The van der Waals surface area contributed by atoms with Crippen LogP contribution < -0.4 is 11.1 Å². The Hall–Kier alpha value is -2.25. The number of rotatable bonds is 9. The van der Waals surface area contributed by atoms with Gasteiger partial charge in [-0.15, -0.1) is 0 Å². The molecule has 29 heavy (non-hydrogen) atoms. The monoisotopic (exact) mass is 397 g/mol. The fraction of sp³-hybridized carbons (Fsp3) is 0.591. The Morgan fingerprint density at radius 3 is 2.66 bits per heavy atom. The Morgan fingerprint density at radius 2 is 1.93 bits per heavy atom. The number of nitrogens with two attached hydrogens (primary N) is 1. The first kappa shape index (κ1) is 20.0. The van der Waals surface area contributed by atoms with E-state index in [0.29, 0.717) is 30.6 Å². The molecule has 1 aliphatic heterocycles. The first-order valence-corrected chi connectivity index (χ1v) is 10.7. The van der Waals surface area contributed by atoms with Gasteiger partial charge in [0.2, 0.25) is 5.91 Å². The fourth-order valence-electron chi connectivity index (χ4n) is 3.82. The van der Waals surface area contributed by atoms with Gasteiger partial charge >= 0.3 is 0 Å². The van der Waals surface area contributed by atoms with Crippen LogP contribution in [0, 0.1) is 11.8 Å². The third kappa shape index (κ3) is 5.87. The van der Waals surface area contributed by atoms with Crippen LogP contribution in [-0.4, -0.2) is 40.4 Å². The molecule has 1 saturated heterocycles. The highest BCUT2D eigenvalue weighted by molar-refractivity contribution is 5.75. The van der Waals surface area contributed by atoms with Crippen molar-refractivity contribution in [1.29, 1.82) is 0 Å². The summed E-state index contributed by atoms with van der Waals surface area (Å²) < 4.78 is 7.10. The van der Waals surface area contributed by atoms with Crippen molar-refractivity contribution in [1.82, 2.24) is 20.1 Å². The van der Waals surface area contributed by atoms with Crippen molar-refractivity contribution in [2.45, 2.75) is 51.1 Å². The summed E-state index contributed by atoms with van der Waals surface area (Å²) in [7, 11) is 0. The zero-order valence-corrected chi connectivity index (χ0v) is 16.9. The van der Waals surface area contributed by atoms with E-state index < -0.39 is 0 Å². The molecule has 2 heterocycles. The molecule has 0 radical (unpaired) electrons. The summed E-state index contributed by atoms with van der Waals surface area (Å²) in [6, 6.07) is 9.85. The van der Waals surface area contributed by atoms with Gasteiger partial charge in [-0.05, 0) is 49.5 Å². The normalized spacial score (nSPS) is 18.5. The molecule has 7 nitrogen and oxygen atoms in total. The van der Waals surface area contributed by atoms with Gasteiger partial charge in [0.15, 0.2) is 5.82 Å². The lowest BCUT2D eigenvalue weighted by atomic mass is 10.0. The molecule has 2 aliphatic rings. The van der Waals surface area contributed by atoms with Crippen molar-refractivity contribution in [3.63, 3.8) is 0 Å². The van der Waals surface area contributed by atoms with Crippen molar-refractivity contribution < 1.29 is 9.53 Å². The van der Waals surface area contributed by atoms with Crippen LogP contribution in [0.25, 0.3) is 0 Å². The van der Waals surface area contributed by atoms with E-state index in [9.17, 15) is 4.79 Å². The summed E-state index contributed by atoms with van der Waals surface area (Å²) in [5, 5.41) is 7.69. The van der Waals surface area contributed by atoms with E-state index >= 15 is 0 Å². The third-order valence-corrected chi connectivity index (χ3v) is 5.76. The predicted octanol–water partition coefficient (Wildman–Crippen LogP) is 2.02. The molecule has 2 aromatic rings. The number of nitrogens with one attached hydrogen (secondary N) is 1. The second-order valence-electron chi connectivity index (χ2n) is 8.35. The molecule has 7 heteroatoms. The molecule has 1 aliphatic carbocycles. The molecular formula is C22H31N5O2. The van der Waals surface area contributed by atoms with Crippen LogP contribution in [0.2, 0.25) is 0 Å². The van der Waals surface area contributed by atoms with Gasteiger partial charge < -0.3 is 15.8 Å². The number of ether oxygens (including phenoxy) is 1. The molecule has 1 saturated carbocycles. The number of amides is 1. The molecule has 0 bridgehead atoms. The standard InChI is InChI=1S/C22H31N5O2/c23-19(12-16-4-2-1-3-5-16)22-25-20(13-17-6-7-17)26-27(22)15-21(28)24-14-18-8-10-29-11-9-18/h1-5,17-19H,6-15,23H2,(H,24,28)/t19-/m1/s1. The summed E-state index contributed by atoms with van der Waals surface area (Å²) in [4.78, 5) is 17.3. The van der Waals surface area contributed by atoms with Gasteiger partial charge in [0.05, 0.1) is 6.04 Å². The lowest BCUT2D eigenvalue weighted by Gasteiger charge is -2.22. The molecule has 0 spiro atoms. The van der Waals surface area contributed by atoms with Crippen LogP contribution in [0.4, 0.5) is 0 Å². The smallest absolute Gasteiger partial charge is 0.241 e. The SMILES string of the molecule is N[C@H](Cc1ccccc1)c1nc(CC2CC2)nn1CC(=O)NCC1CCOCC1. The van der Waals surface area contributed by atoms with E-state index in [0.717, 1.165) is 43.9 Å². The van der Waals surface area contributed by atoms with Crippen LogP contribution in [0.15, 0.2) is 30.3 Å². The van der Waals surface area contributed by atoms with Gasteiger partial charge in [-0.1, -0.05) is 30.3 Å². The highest BCUT2D eigenvalue weighted by Crippen LogP contribution is 2.32. The maximum absolute atomic E-state index is 12.6. The second-order valence-corrected chi connectivity index (χ2v) is 8.35. The average molecular weight is 398 g/mol. The summed E-state index contributed by atoms with van der Waals surface area (Å²) in [5.74, 6) is 2.65. The van der Waals surface area contributed by atoms with E-state index in [-0.39, 0.29) is 18.5 Å². The Kier molecular flexibility index (Phi) is 6.56. The van der Waals surface area contributed by atoms with Gasteiger partial charge in [-0.2, -0.15) is 5.10 Å². The summed E-state index contributed by atoms with van der Waals surface area (Å²) in [6.07, 6.45) is 6.04. The fourth-order valence-corrected chi connectivity index (χ4v) is 3.82. The minimum absolute atomic E-state index is 0.0347. The molecular weight excluding hydrogens is 366 g/mol. The number of nitrogens with zero attached hydrogens (tertiary/aromatic N) is 3. The van der Waals surface area contributed by atoms with Crippen LogP contribution in [0.3, 0.4) is 0 Å². The molecule has 2 fully saturated rings. The molecule has 1 atom stereocenters. The van der Waals surface area contributed by atoms with Crippen molar-refractivity contribution in [2.24, 2.45) is 17.6 Å².